The second kappa shape index (κ2) is 6.48. The van der Waals surface area contributed by atoms with Gasteiger partial charge in [0.15, 0.2) is 5.75 Å². The number of hydrogen-bond acceptors (Lipinski definition) is 6. The molecule has 0 aliphatic carbocycles. The number of tetrazole rings is 1. The molecule has 0 fully saturated rings. The van der Waals surface area contributed by atoms with E-state index in [0.29, 0.717) is 17.1 Å². The lowest BCUT2D eigenvalue weighted by atomic mass is 10.2. The standard InChI is InChI=1S/C17H12N6O3/c24-16(14-9-6-12-3-1-2-10-23(12)17(14)25)20-26-13-7-4-11(5-8-13)15-18-21-22-19-15/h1-10H,(H,20,24)(H,18,19,21,22). The Bertz CT molecular complexity index is 1120. The Kier molecular flexibility index (Phi) is 3.86. The monoisotopic (exact) mass is 348 g/mol. The summed E-state index contributed by atoms with van der Waals surface area (Å²) < 4.78 is 1.40. The predicted molar refractivity (Wildman–Crippen MR) is 91.4 cm³/mol. The first-order valence-electron chi connectivity index (χ1n) is 7.64. The molecule has 4 aromatic rings. The highest BCUT2D eigenvalue weighted by molar-refractivity contribution is 5.93. The lowest BCUT2D eigenvalue weighted by Crippen LogP contribution is -2.33. The van der Waals surface area contributed by atoms with Gasteiger partial charge >= 0.3 is 0 Å². The molecule has 0 radical (unpaired) electrons. The molecule has 0 aliphatic heterocycles. The summed E-state index contributed by atoms with van der Waals surface area (Å²) in [5, 5.41) is 13.6. The van der Waals surface area contributed by atoms with E-state index in [1.807, 2.05) is 6.07 Å². The zero-order valence-electron chi connectivity index (χ0n) is 13.3. The lowest BCUT2D eigenvalue weighted by molar-refractivity contribution is 0.0758. The van der Waals surface area contributed by atoms with Crippen LogP contribution in [0.15, 0.2) is 65.6 Å². The number of nitrogens with one attached hydrogen (secondary N) is 2. The average molecular weight is 348 g/mol. The van der Waals surface area contributed by atoms with Crippen molar-refractivity contribution in [2.75, 3.05) is 0 Å². The third-order valence-corrected chi connectivity index (χ3v) is 3.73. The Labute approximate surface area is 146 Å². The number of amides is 1. The molecule has 9 heteroatoms. The van der Waals surface area contributed by atoms with Gasteiger partial charge in [0, 0.05) is 17.3 Å². The lowest BCUT2D eigenvalue weighted by Gasteiger charge is -2.08. The third-order valence-electron chi connectivity index (χ3n) is 3.73. The Balaban J connectivity index is 1.49. The predicted octanol–water partition coefficient (Wildman–Crippen LogP) is 1.20. The second-order valence-corrected chi connectivity index (χ2v) is 5.34. The van der Waals surface area contributed by atoms with Gasteiger partial charge in [0.2, 0.25) is 5.82 Å². The summed E-state index contributed by atoms with van der Waals surface area (Å²) in [5.74, 6) is 0.215. The molecule has 1 amide bonds. The molecule has 2 N–H and O–H groups in total. The molecule has 0 aliphatic rings. The zero-order valence-corrected chi connectivity index (χ0v) is 13.3. The van der Waals surface area contributed by atoms with E-state index in [4.69, 9.17) is 4.84 Å². The van der Waals surface area contributed by atoms with Crippen LogP contribution in [0.1, 0.15) is 10.4 Å². The highest BCUT2D eigenvalue weighted by Crippen LogP contribution is 2.17. The number of carbonyl (C=O) groups excluding carboxylic acids is 1. The Morgan fingerprint density at radius 2 is 1.92 bits per heavy atom. The van der Waals surface area contributed by atoms with Crippen molar-refractivity contribution in [2.24, 2.45) is 0 Å². The van der Waals surface area contributed by atoms with Crippen LogP contribution in [0, 0.1) is 0 Å². The van der Waals surface area contributed by atoms with Crippen LogP contribution < -0.4 is 15.9 Å². The van der Waals surface area contributed by atoms with Crippen LogP contribution in [0.25, 0.3) is 16.9 Å². The smallest absolute Gasteiger partial charge is 0.289 e. The first kappa shape index (κ1) is 15.5. The maximum absolute atomic E-state index is 12.4. The molecule has 4 rings (SSSR count). The molecular formula is C17H12N6O3. The molecule has 0 saturated heterocycles. The molecular weight excluding hydrogens is 336 g/mol. The zero-order chi connectivity index (χ0) is 17.9. The van der Waals surface area contributed by atoms with Gasteiger partial charge in [-0.1, -0.05) is 6.07 Å². The van der Waals surface area contributed by atoms with Gasteiger partial charge in [-0.2, -0.15) is 10.7 Å². The summed E-state index contributed by atoms with van der Waals surface area (Å²) in [7, 11) is 0. The van der Waals surface area contributed by atoms with Crippen molar-refractivity contribution in [3.05, 3.63) is 76.7 Å². The van der Waals surface area contributed by atoms with Crippen LogP contribution in [-0.2, 0) is 0 Å². The van der Waals surface area contributed by atoms with Gasteiger partial charge < -0.3 is 4.84 Å². The number of H-pyrrole nitrogens is 1. The number of rotatable bonds is 4. The van der Waals surface area contributed by atoms with E-state index in [0.717, 1.165) is 5.56 Å². The Morgan fingerprint density at radius 3 is 2.69 bits per heavy atom. The third kappa shape index (κ3) is 2.88. The summed E-state index contributed by atoms with van der Waals surface area (Å²) in [4.78, 5) is 29.9. The minimum absolute atomic E-state index is 0.0166. The molecule has 3 aromatic heterocycles. The summed E-state index contributed by atoms with van der Waals surface area (Å²) >= 11 is 0. The van der Waals surface area contributed by atoms with Crippen LogP contribution in [-0.4, -0.2) is 30.9 Å². The van der Waals surface area contributed by atoms with Crippen molar-refractivity contribution >= 4 is 11.4 Å². The van der Waals surface area contributed by atoms with Crippen molar-refractivity contribution in [3.63, 3.8) is 0 Å². The van der Waals surface area contributed by atoms with Crippen LogP contribution >= 0.6 is 0 Å². The van der Waals surface area contributed by atoms with Gasteiger partial charge in [-0.25, -0.2) is 0 Å². The van der Waals surface area contributed by atoms with E-state index in [1.54, 1.807) is 48.7 Å². The molecule has 0 unspecified atom stereocenters. The van der Waals surface area contributed by atoms with E-state index < -0.39 is 11.5 Å². The first-order valence-corrected chi connectivity index (χ1v) is 7.64. The van der Waals surface area contributed by atoms with Gasteiger partial charge in [-0.05, 0) is 53.7 Å². The van der Waals surface area contributed by atoms with Crippen LogP contribution in [0.5, 0.6) is 5.75 Å². The summed E-state index contributed by atoms with van der Waals surface area (Å²) in [6.07, 6.45) is 1.60. The quantitative estimate of drug-likeness (QED) is 0.536. The number of fused-ring (bicyclic) bond motifs is 1. The number of hydroxylamine groups is 1. The van der Waals surface area contributed by atoms with Crippen LogP contribution in [0.2, 0.25) is 0 Å². The molecule has 128 valence electrons. The minimum atomic E-state index is -0.629. The first-order chi connectivity index (χ1) is 12.7. The summed E-state index contributed by atoms with van der Waals surface area (Å²) in [6.45, 7) is 0. The normalized spacial score (nSPS) is 10.6. The number of aromatic amines is 1. The van der Waals surface area contributed by atoms with Gasteiger partial charge in [0.05, 0.1) is 0 Å². The minimum Gasteiger partial charge on any atom is -0.379 e. The fourth-order valence-electron chi connectivity index (χ4n) is 2.44. The number of nitrogens with zero attached hydrogens (tertiary/aromatic N) is 4. The number of benzene rings is 1. The molecule has 0 bridgehead atoms. The molecule has 9 nitrogen and oxygen atoms in total. The molecule has 1 aromatic carbocycles. The SMILES string of the molecule is O=C(NOc1ccc(-c2nn[nH]n2)cc1)c1ccc2ccccn2c1=O. The molecule has 0 saturated carbocycles. The van der Waals surface area contributed by atoms with Crippen molar-refractivity contribution < 1.29 is 9.63 Å². The van der Waals surface area contributed by atoms with E-state index in [2.05, 4.69) is 26.1 Å². The van der Waals surface area contributed by atoms with Gasteiger partial charge in [-0.15, -0.1) is 10.2 Å². The number of pyridine rings is 2. The fourth-order valence-corrected chi connectivity index (χ4v) is 2.44. The van der Waals surface area contributed by atoms with E-state index >= 15 is 0 Å². The van der Waals surface area contributed by atoms with Crippen molar-refractivity contribution in [3.8, 4) is 17.1 Å². The Morgan fingerprint density at radius 1 is 1.08 bits per heavy atom. The maximum Gasteiger partial charge on any atom is 0.289 e. The van der Waals surface area contributed by atoms with E-state index in [-0.39, 0.29) is 5.56 Å². The topological polar surface area (TPSA) is 114 Å². The van der Waals surface area contributed by atoms with Gasteiger partial charge in [-0.3, -0.25) is 14.0 Å². The highest BCUT2D eigenvalue weighted by Gasteiger charge is 2.13. The van der Waals surface area contributed by atoms with Crippen LogP contribution in [0.4, 0.5) is 0 Å². The molecule has 3 heterocycles. The molecule has 0 atom stereocenters. The van der Waals surface area contributed by atoms with Crippen LogP contribution in [0.3, 0.4) is 0 Å². The maximum atomic E-state index is 12.4. The second-order valence-electron chi connectivity index (χ2n) is 5.34. The average Bonchev–Trinajstić information content (AvgIpc) is 3.22. The fraction of sp³-hybridized carbons (Fsp3) is 0. The van der Waals surface area contributed by atoms with Crippen molar-refractivity contribution in [1.29, 1.82) is 0 Å². The van der Waals surface area contributed by atoms with Crippen molar-refractivity contribution in [1.82, 2.24) is 30.5 Å². The van der Waals surface area contributed by atoms with E-state index in [9.17, 15) is 9.59 Å². The van der Waals surface area contributed by atoms with Gasteiger partial charge in [0.25, 0.3) is 11.5 Å². The van der Waals surface area contributed by atoms with E-state index in [1.165, 1.54) is 10.5 Å². The molecule has 0 spiro atoms. The van der Waals surface area contributed by atoms with Crippen molar-refractivity contribution in [2.45, 2.75) is 0 Å². The highest BCUT2D eigenvalue weighted by atomic mass is 16.7. The Hall–Kier alpha value is -4.01. The largest absolute Gasteiger partial charge is 0.379 e. The molecule has 26 heavy (non-hydrogen) atoms. The number of hydrogen-bond donors (Lipinski definition) is 2. The summed E-state index contributed by atoms with van der Waals surface area (Å²) in [6, 6.07) is 15.2. The number of aromatic nitrogens is 5. The van der Waals surface area contributed by atoms with Gasteiger partial charge in [0.1, 0.15) is 5.56 Å². The number of carbonyl (C=O) groups is 1. The summed E-state index contributed by atoms with van der Waals surface area (Å²) in [5.41, 5.74) is 3.28.